The van der Waals surface area contributed by atoms with E-state index < -0.39 is 23.0 Å². The van der Waals surface area contributed by atoms with Crippen molar-refractivity contribution >= 4 is 33.4 Å². The minimum Gasteiger partial charge on any atom is -0.396 e. The normalized spacial score (nSPS) is 11.4. The summed E-state index contributed by atoms with van der Waals surface area (Å²) in [5.41, 5.74) is 7.73. The molecule has 5 rings (SSSR count). The van der Waals surface area contributed by atoms with Crippen LogP contribution in [0.2, 0.25) is 0 Å². The third-order valence-electron chi connectivity index (χ3n) is 5.20. The average molecular weight is 403 g/mol. The molecule has 0 aliphatic carbocycles. The van der Waals surface area contributed by atoms with Crippen molar-refractivity contribution in [2.45, 2.75) is 0 Å². The number of aromatic nitrogens is 4. The zero-order valence-corrected chi connectivity index (χ0v) is 15.8. The summed E-state index contributed by atoms with van der Waals surface area (Å²) in [6.07, 6.45) is 4.84. The number of aryl methyl sites for hydroxylation is 1. The topological polar surface area (TPSA) is 89.6 Å². The lowest BCUT2D eigenvalue weighted by molar-refractivity contribution is 0.103. The maximum atomic E-state index is 14.4. The van der Waals surface area contributed by atoms with Gasteiger partial charge >= 0.3 is 0 Å². The van der Waals surface area contributed by atoms with Crippen molar-refractivity contribution in [2.24, 2.45) is 7.05 Å². The number of H-pyrrole nitrogens is 1. The van der Waals surface area contributed by atoms with Gasteiger partial charge in [-0.3, -0.25) is 9.48 Å². The number of anilines is 1. The first-order chi connectivity index (χ1) is 14.4. The Morgan fingerprint density at radius 3 is 2.77 bits per heavy atom. The number of nitrogens with one attached hydrogen (secondary N) is 1. The molecule has 0 spiro atoms. The molecule has 0 bridgehead atoms. The number of aromatic amines is 1. The van der Waals surface area contributed by atoms with E-state index in [1.165, 1.54) is 6.20 Å². The minimum absolute atomic E-state index is 0.116. The van der Waals surface area contributed by atoms with Gasteiger partial charge in [0.2, 0.25) is 5.78 Å². The van der Waals surface area contributed by atoms with Crippen LogP contribution >= 0.6 is 0 Å². The van der Waals surface area contributed by atoms with Crippen LogP contribution in [-0.2, 0) is 7.05 Å². The first-order valence-corrected chi connectivity index (χ1v) is 9.11. The van der Waals surface area contributed by atoms with Gasteiger partial charge < -0.3 is 10.7 Å². The maximum absolute atomic E-state index is 14.4. The number of hydrogen-bond acceptors (Lipinski definition) is 4. The predicted molar refractivity (Wildman–Crippen MR) is 110 cm³/mol. The van der Waals surface area contributed by atoms with E-state index in [1.54, 1.807) is 23.1 Å². The molecule has 8 heteroatoms. The molecule has 0 atom stereocenters. The Bertz CT molecular complexity index is 1470. The fourth-order valence-corrected chi connectivity index (χ4v) is 3.60. The highest BCUT2D eigenvalue weighted by Gasteiger charge is 2.24. The van der Waals surface area contributed by atoms with Crippen LogP contribution in [0.5, 0.6) is 0 Å². The molecule has 0 saturated carbocycles. The SMILES string of the molecule is Cn1ncc2cc(-c3cnc4[nH]cc(C(=O)c5c(F)ccc(N)c5F)c4c3)ccc21. The molecule has 5 aromatic rings. The summed E-state index contributed by atoms with van der Waals surface area (Å²) in [5.74, 6) is -2.84. The molecule has 6 nitrogen and oxygen atoms in total. The molecule has 0 radical (unpaired) electrons. The van der Waals surface area contributed by atoms with E-state index in [4.69, 9.17) is 5.73 Å². The second-order valence-electron chi connectivity index (χ2n) is 7.02. The van der Waals surface area contributed by atoms with Gasteiger partial charge in [-0.05, 0) is 35.9 Å². The standard InChI is InChI=1S/C22H15F2N5O/c1-29-18-5-2-11(6-13(18)9-28-29)12-7-14-15(10-27-22(14)26-8-12)21(30)19-16(23)3-4-17(25)20(19)24/h2-10H,25H2,1H3,(H,26,27). The summed E-state index contributed by atoms with van der Waals surface area (Å²) in [6, 6.07) is 9.68. The van der Waals surface area contributed by atoms with Crippen molar-refractivity contribution in [1.29, 1.82) is 0 Å². The Kier molecular flexibility index (Phi) is 3.89. The highest BCUT2D eigenvalue weighted by atomic mass is 19.1. The number of rotatable bonds is 3. The summed E-state index contributed by atoms with van der Waals surface area (Å²) in [5, 5.41) is 5.66. The quantitative estimate of drug-likeness (QED) is 0.349. The largest absolute Gasteiger partial charge is 0.396 e. The van der Waals surface area contributed by atoms with Crippen LogP contribution in [0.15, 0.2) is 55.0 Å². The summed E-state index contributed by atoms with van der Waals surface area (Å²) in [4.78, 5) is 20.2. The maximum Gasteiger partial charge on any atom is 0.201 e. The van der Waals surface area contributed by atoms with Crippen molar-refractivity contribution in [3.05, 3.63) is 77.8 Å². The number of nitrogens with two attached hydrogens (primary N) is 1. The van der Waals surface area contributed by atoms with Crippen LogP contribution in [0, 0.1) is 11.6 Å². The Hall–Kier alpha value is -4.07. The smallest absolute Gasteiger partial charge is 0.201 e. The number of carbonyl (C=O) groups excluding carboxylic acids is 1. The predicted octanol–water partition coefficient (Wildman–Crippen LogP) is 4.21. The number of benzene rings is 2. The number of halogens is 2. The molecular formula is C22H15F2N5O. The molecule has 30 heavy (non-hydrogen) atoms. The minimum atomic E-state index is -1.07. The van der Waals surface area contributed by atoms with Gasteiger partial charge in [0.05, 0.1) is 23.0 Å². The van der Waals surface area contributed by atoms with E-state index >= 15 is 0 Å². The van der Waals surface area contributed by atoms with Gasteiger partial charge in [-0.1, -0.05) is 6.07 Å². The molecule has 0 amide bonds. The Labute approximate surface area is 169 Å². The van der Waals surface area contributed by atoms with Crippen LogP contribution < -0.4 is 5.73 Å². The lowest BCUT2D eigenvalue weighted by Crippen LogP contribution is -2.09. The van der Waals surface area contributed by atoms with Crippen molar-refractivity contribution in [3.8, 4) is 11.1 Å². The first kappa shape index (κ1) is 18.0. The zero-order valence-electron chi connectivity index (χ0n) is 15.8. The third kappa shape index (κ3) is 2.65. The Balaban J connectivity index is 1.64. The summed E-state index contributed by atoms with van der Waals surface area (Å²) in [6.45, 7) is 0. The average Bonchev–Trinajstić information content (AvgIpc) is 3.34. The number of hydrogen-bond donors (Lipinski definition) is 2. The van der Waals surface area contributed by atoms with Crippen molar-refractivity contribution in [2.75, 3.05) is 5.73 Å². The van der Waals surface area contributed by atoms with Crippen molar-refractivity contribution < 1.29 is 13.6 Å². The van der Waals surface area contributed by atoms with Gasteiger partial charge in [-0.25, -0.2) is 13.8 Å². The van der Waals surface area contributed by atoms with Gasteiger partial charge in [0.1, 0.15) is 11.5 Å². The fraction of sp³-hybridized carbons (Fsp3) is 0.0455. The van der Waals surface area contributed by atoms with E-state index in [9.17, 15) is 13.6 Å². The molecule has 0 aliphatic rings. The van der Waals surface area contributed by atoms with E-state index in [1.807, 2.05) is 25.2 Å². The molecular weight excluding hydrogens is 388 g/mol. The number of carbonyl (C=O) groups is 1. The number of ketones is 1. The van der Waals surface area contributed by atoms with Crippen LogP contribution in [-0.4, -0.2) is 25.5 Å². The molecule has 0 unspecified atom stereocenters. The summed E-state index contributed by atoms with van der Waals surface area (Å²) < 4.78 is 30.4. The van der Waals surface area contributed by atoms with Crippen LogP contribution in [0.1, 0.15) is 15.9 Å². The zero-order chi connectivity index (χ0) is 21.0. The van der Waals surface area contributed by atoms with E-state index in [2.05, 4.69) is 15.1 Å². The lowest BCUT2D eigenvalue weighted by Gasteiger charge is -2.07. The van der Waals surface area contributed by atoms with Gasteiger partial charge in [-0.15, -0.1) is 0 Å². The van der Waals surface area contributed by atoms with Crippen LogP contribution in [0.4, 0.5) is 14.5 Å². The lowest BCUT2D eigenvalue weighted by atomic mass is 9.99. The molecule has 3 heterocycles. The fourth-order valence-electron chi connectivity index (χ4n) is 3.60. The molecule has 3 N–H and O–H groups in total. The molecule has 2 aromatic carbocycles. The van der Waals surface area contributed by atoms with Gasteiger partial charge in [-0.2, -0.15) is 5.10 Å². The number of fused-ring (bicyclic) bond motifs is 2. The number of nitrogens with zero attached hydrogens (tertiary/aromatic N) is 3. The molecule has 148 valence electrons. The van der Waals surface area contributed by atoms with Crippen molar-refractivity contribution in [3.63, 3.8) is 0 Å². The van der Waals surface area contributed by atoms with Crippen molar-refractivity contribution in [1.82, 2.24) is 19.7 Å². The monoisotopic (exact) mass is 403 g/mol. The van der Waals surface area contributed by atoms with Gasteiger partial charge in [0.15, 0.2) is 5.82 Å². The highest BCUT2D eigenvalue weighted by molar-refractivity contribution is 6.16. The second kappa shape index (κ2) is 6.48. The number of pyridine rings is 1. The second-order valence-corrected chi connectivity index (χ2v) is 7.02. The van der Waals surface area contributed by atoms with E-state index in [-0.39, 0.29) is 11.3 Å². The van der Waals surface area contributed by atoms with E-state index in [0.29, 0.717) is 11.0 Å². The molecule has 3 aromatic heterocycles. The Morgan fingerprint density at radius 2 is 1.93 bits per heavy atom. The number of nitrogen functional groups attached to an aromatic ring is 1. The summed E-state index contributed by atoms with van der Waals surface area (Å²) >= 11 is 0. The molecule has 0 aliphatic heterocycles. The van der Waals surface area contributed by atoms with Crippen LogP contribution in [0.3, 0.4) is 0 Å². The third-order valence-corrected chi connectivity index (χ3v) is 5.20. The Morgan fingerprint density at radius 1 is 1.10 bits per heavy atom. The van der Waals surface area contributed by atoms with Gasteiger partial charge in [0.25, 0.3) is 0 Å². The van der Waals surface area contributed by atoms with E-state index in [0.717, 1.165) is 34.2 Å². The molecule has 0 saturated heterocycles. The first-order valence-electron chi connectivity index (χ1n) is 9.11. The highest BCUT2D eigenvalue weighted by Crippen LogP contribution is 2.30. The van der Waals surface area contributed by atoms with Crippen LogP contribution in [0.25, 0.3) is 33.1 Å². The molecule has 0 fully saturated rings. The summed E-state index contributed by atoms with van der Waals surface area (Å²) in [7, 11) is 1.86. The van der Waals surface area contributed by atoms with Gasteiger partial charge in [0, 0.05) is 41.3 Å².